The lowest BCUT2D eigenvalue weighted by atomic mass is 10.0. The van der Waals surface area contributed by atoms with E-state index in [1.165, 1.54) is 205 Å². The van der Waals surface area contributed by atoms with E-state index in [0.717, 1.165) is 103 Å². The Bertz CT molecular complexity index is 1760. The number of hydrogen-bond donors (Lipinski definition) is 3. The molecule has 2 unspecified atom stereocenters. The van der Waals surface area contributed by atoms with Crippen molar-refractivity contribution in [2.75, 3.05) is 39.6 Å². The predicted octanol–water partition coefficient (Wildman–Crippen LogP) is 21.4. The summed E-state index contributed by atoms with van der Waals surface area (Å²) in [5.41, 5.74) is 0. The van der Waals surface area contributed by atoms with Gasteiger partial charge in [-0.15, -0.1) is 0 Å². The van der Waals surface area contributed by atoms with Crippen LogP contribution in [-0.2, 0) is 65.4 Å². The SMILES string of the molecule is CCCCCCCCCCCCCCCCCCCCCCC(=O)O[C@H](COC(=O)CCCCCCCCCCCCCCCCC)COP(=O)(O)OC[C@@H](O)COP(=O)(O)OC[C@@H](COC(=O)CCCCCCCCC)OC(=O)CCCCCCCCCCCC. The molecule has 0 aromatic carbocycles. The molecule has 19 heteroatoms. The molecule has 92 heavy (non-hydrogen) atoms. The first-order chi connectivity index (χ1) is 44.7. The van der Waals surface area contributed by atoms with E-state index in [-0.39, 0.29) is 25.7 Å². The smallest absolute Gasteiger partial charge is 0.462 e. The van der Waals surface area contributed by atoms with Crippen molar-refractivity contribution >= 4 is 39.5 Å². The molecular formula is C73H142O17P2. The Morgan fingerprint density at radius 1 is 0.261 bits per heavy atom. The van der Waals surface area contributed by atoms with Crippen LogP contribution in [0.4, 0.5) is 0 Å². The normalized spacial score (nSPS) is 13.9. The minimum Gasteiger partial charge on any atom is -0.462 e. The van der Waals surface area contributed by atoms with Gasteiger partial charge in [0.15, 0.2) is 12.2 Å². The summed E-state index contributed by atoms with van der Waals surface area (Å²) in [4.78, 5) is 72.5. The van der Waals surface area contributed by atoms with E-state index in [1.54, 1.807) is 0 Å². The number of phosphoric ester groups is 2. The van der Waals surface area contributed by atoms with Crippen molar-refractivity contribution in [1.82, 2.24) is 0 Å². The molecule has 0 aromatic rings. The van der Waals surface area contributed by atoms with E-state index in [1.807, 2.05) is 0 Å². The maximum atomic E-state index is 13.1. The van der Waals surface area contributed by atoms with E-state index in [0.29, 0.717) is 25.7 Å². The summed E-state index contributed by atoms with van der Waals surface area (Å²) in [6.07, 6.45) is 57.1. The number of esters is 4. The fourth-order valence-electron chi connectivity index (χ4n) is 11.2. The van der Waals surface area contributed by atoms with Gasteiger partial charge in [0, 0.05) is 25.7 Å². The summed E-state index contributed by atoms with van der Waals surface area (Å²) in [6, 6.07) is 0. The molecule has 0 fully saturated rings. The van der Waals surface area contributed by atoms with Crippen LogP contribution >= 0.6 is 15.6 Å². The van der Waals surface area contributed by atoms with Crippen molar-refractivity contribution in [3.05, 3.63) is 0 Å². The van der Waals surface area contributed by atoms with E-state index >= 15 is 0 Å². The molecule has 546 valence electrons. The third-order valence-electron chi connectivity index (χ3n) is 17.1. The van der Waals surface area contributed by atoms with Gasteiger partial charge in [-0.05, 0) is 25.7 Å². The minimum absolute atomic E-state index is 0.107. The Morgan fingerprint density at radius 2 is 0.435 bits per heavy atom. The largest absolute Gasteiger partial charge is 0.472 e. The number of carbonyl (C=O) groups is 4. The molecule has 0 saturated carbocycles. The number of carbonyl (C=O) groups excluding carboxylic acids is 4. The zero-order valence-electron chi connectivity index (χ0n) is 59.5. The zero-order chi connectivity index (χ0) is 67.5. The lowest BCUT2D eigenvalue weighted by molar-refractivity contribution is -0.161. The molecule has 0 radical (unpaired) electrons. The second kappa shape index (κ2) is 67.6. The molecule has 0 aliphatic carbocycles. The lowest BCUT2D eigenvalue weighted by Crippen LogP contribution is -2.30. The molecule has 0 aliphatic heterocycles. The van der Waals surface area contributed by atoms with Crippen molar-refractivity contribution in [3.63, 3.8) is 0 Å². The van der Waals surface area contributed by atoms with Crippen LogP contribution in [0.15, 0.2) is 0 Å². The van der Waals surface area contributed by atoms with E-state index < -0.39 is 97.5 Å². The van der Waals surface area contributed by atoms with Crippen LogP contribution in [0.1, 0.15) is 387 Å². The molecule has 17 nitrogen and oxygen atoms in total. The lowest BCUT2D eigenvalue weighted by Gasteiger charge is -2.21. The van der Waals surface area contributed by atoms with Gasteiger partial charge in [-0.1, -0.05) is 336 Å². The average Bonchev–Trinajstić information content (AvgIpc) is 2.20. The minimum atomic E-state index is -4.95. The van der Waals surface area contributed by atoms with E-state index in [4.69, 9.17) is 37.0 Å². The van der Waals surface area contributed by atoms with Gasteiger partial charge in [-0.2, -0.15) is 0 Å². The fourth-order valence-corrected chi connectivity index (χ4v) is 12.8. The van der Waals surface area contributed by atoms with Crippen LogP contribution in [0.3, 0.4) is 0 Å². The molecule has 0 saturated heterocycles. The highest BCUT2D eigenvalue weighted by Crippen LogP contribution is 2.45. The third kappa shape index (κ3) is 66.7. The Hall–Kier alpha value is -1.94. The molecule has 0 aromatic heterocycles. The first-order valence-corrected chi connectivity index (χ1v) is 41.3. The van der Waals surface area contributed by atoms with Gasteiger partial charge < -0.3 is 33.8 Å². The van der Waals surface area contributed by atoms with Crippen LogP contribution in [0, 0.1) is 0 Å². The van der Waals surface area contributed by atoms with Crippen LogP contribution < -0.4 is 0 Å². The molecule has 0 rings (SSSR count). The number of unbranched alkanes of at least 4 members (excludes halogenated alkanes) is 48. The standard InChI is InChI=1S/C73H142O17P2/c1-5-9-13-17-21-24-27-29-31-32-33-34-35-37-39-41-44-48-52-56-60-73(78)90-69(64-84-71(76)58-54-50-46-43-40-38-36-30-28-25-22-18-14-10-6-2)66-88-92(81,82)86-62-67(74)61-85-91(79,80)87-65-68(63-83-70(75)57-53-49-45-20-16-12-8-4)89-72(77)59-55-51-47-42-26-23-19-15-11-7-3/h67-69,74H,5-66H2,1-4H3,(H,79,80)(H,81,82)/t67-,68+,69+/m0/s1. The molecule has 0 bridgehead atoms. The van der Waals surface area contributed by atoms with Crippen LogP contribution in [0.2, 0.25) is 0 Å². The number of rotatable bonds is 74. The van der Waals surface area contributed by atoms with Gasteiger partial charge in [0.05, 0.1) is 26.4 Å². The van der Waals surface area contributed by atoms with Gasteiger partial charge in [0.2, 0.25) is 0 Å². The average molecular weight is 1350 g/mol. The van der Waals surface area contributed by atoms with Crippen molar-refractivity contribution < 1.29 is 80.2 Å². The maximum absolute atomic E-state index is 13.1. The van der Waals surface area contributed by atoms with Crippen molar-refractivity contribution in [2.45, 2.75) is 406 Å². The zero-order valence-corrected chi connectivity index (χ0v) is 61.3. The number of aliphatic hydroxyl groups is 1. The summed E-state index contributed by atoms with van der Waals surface area (Å²) in [6.45, 7) is 4.92. The Balaban J connectivity index is 5.16. The summed E-state index contributed by atoms with van der Waals surface area (Å²) in [7, 11) is -9.89. The molecule has 0 spiro atoms. The first kappa shape index (κ1) is 90.1. The third-order valence-corrected chi connectivity index (χ3v) is 19.0. The van der Waals surface area contributed by atoms with Gasteiger partial charge in [-0.25, -0.2) is 9.13 Å². The molecule has 0 amide bonds. The Labute approximate surface area is 562 Å². The summed E-state index contributed by atoms with van der Waals surface area (Å²) in [5.74, 6) is -2.12. The maximum Gasteiger partial charge on any atom is 0.472 e. The van der Waals surface area contributed by atoms with Gasteiger partial charge in [-0.3, -0.25) is 37.3 Å². The second-order valence-corrected chi connectivity index (χ2v) is 29.2. The van der Waals surface area contributed by atoms with Gasteiger partial charge in [0.1, 0.15) is 19.3 Å². The monoisotopic (exact) mass is 1350 g/mol. The quantitative estimate of drug-likeness (QED) is 0.0222. The van der Waals surface area contributed by atoms with Crippen LogP contribution in [0.25, 0.3) is 0 Å². The van der Waals surface area contributed by atoms with Gasteiger partial charge >= 0.3 is 39.5 Å². The Morgan fingerprint density at radius 3 is 0.641 bits per heavy atom. The highest BCUT2D eigenvalue weighted by molar-refractivity contribution is 7.47. The van der Waals surface area contributed by atoms with E-state index in [9.17, 15) is 43.2 Å². The van der Waals surface area contributed by atoms with Crippen molar-refractivity contribution in [1.29, 1.82) is 0 Å². The highest BCUT2D eigenvalue weighted by Gasteiger charge is 2.30. The number of hydrogen-bond acceptors (Lipinski definition) is 15. The number of ether oxygens (including phenoxy) is 4. The molecule has 3 N–H and O–H groups in total. The predicted molar refractivity (Wildman–Crippen MR) is 372 cm³/mol. The number of aliphatic hydroxyl groups excluding tert-OH is 1. The topological polar surface area (TPSA) is 237 Å². The fraction of sp³-hybridized carbons (Fsp3) is 0.945. The van der Waals surface area contributed by atoms with Crippen molar-refractivity contribution in [3.8, 4) is 0 Å². The van der Waals surface area contributed by atoms with Crippen LogP contribution in [-0.4, -0.2) is 96.7 Å². The summed E-state index contributed by atoms with van der Waals surface area (Å²) >= 11 is 0. The molecule has 0 aliphatic rings. The van der Waals surface area contributed by atoms with E-state index in [2.05, 4.69) is 27.7 Å². The van der Waals surface area contributed by atoms with Gasteiger partial charge in [0.25, 0.3) is 0 Å². The molecule has 0 heterocycles. The van der Waals surface area contributed by atoms with Crippen molar-refractivity contribution in [2.24, 2.45) is 0 Å². The molecule has 5 atom stereocenters. The number of phosphoric acid groups is 2. The van der Waals surface area contributed by atoms with Crippen LogP contribution in [0.5, 0.6) is 0 Å². The summed E-state index contributed by atoms with van der Waals surface area (Å²) in [5, 5.41) is 10.6. The molecular weight excluding hydrogens is 1210 g/mol. The highest BCUT2D eigenvalue weighted by atomic mass is 31.2. The Kier molecular flexibility index (Phi) is 66.2. The first-order valence-electron chi connectivity index (χ1n) is 38.3. The summed E-state index contributed by atoms with van der Waals surface area (Å²) < 4.78 is 68.3. The second-order valence-electron chi connectivity index (χ2n) is 26.3.